The number of carboxylic acids is 2. The second-order valence-electron chi connectivity index (χ2n) is 9.50. The highest BCUT2D eigenvalue weighted by Crippen LogP contribution is 2.44. The maximum atomic E-state index is 13.1. The third-order valence-electron chi connectivity index (χ3n) is 6.50. The number of nitrogens with zero attached hydrogens (tertiary/aromatic N) is 4. The van der Waals surface area contributed by atoms with Gasteiger partial charge in [-0.1, -0.05) is 12.1 Å². The van der Waals surface area contributed by atoms with Crippen LogP contribution in [-0.4, -0.2) is 88.8 Å². The van der Waals surface area contributed by atoms with Crippen molar-refractivity contribution in [2.45, 2.75) is 44.2 Å². The number of halogens is 7. The Kier molecular flexibility index (Phi) is 11.8. The number of ether oxygens (including phenoxy) is 1. The Morgan fingerprint density at radius 3 is 1.90 bits per heavy atom. The van der Waals surface area contributed by atoms with Gasteiger partial charge in [0.1, 0.15) is 5.82 Å². The summed E-state index contributed by atoms with van der Waals surface area (Å²) in [6.07, 6.45) is -3.09. The van der Waals surface area contributed by atoms with Crippen molar-refractivity contribution in [1.29, 1.82) is 0 Å². The van der Waals surface area contributed by atoms with E-state index in [-0.39, 0.29) is 5.82 Å². The number of hydrogen-bond acceptors (Lipinski definition) is 7. The molecule has 41 heavy (non-hydrogen) atoms. The zero-order valence-corrected chi connectivity index (χ0v) is 21.8. The van der Waals surface area contributed by atoms with Crippen molar-refractivity contribution in [3.63, 3.8) is 0 Å². The molecule has 2 saturated heterocycles. The Morgan fingerprint density at radius 2 is 1.46 bits per heavy atom. The number of benzene rings is 1. The van der Waals surface area contributed by atoms with Crippen molar-refractivity contribution in [2.75, 3.05) is 38.3 Å². The quantitative estimate of drug-likeness (QED) is 0.484. The number of piperidine rings is 1. The second-order valence-corrected chi connectivity index (χ2v) is 9.50. The van der Waals surface area contributed by atoms with Crippen LogP contribution >= 0.6 is 0 Å². The zero-order chi connectivity index (χ0) is 30.8. The third kappa shape index (κ3) is 10.8. The van der Waals surface area contributed by atoms with Gasteiger partial charge in [0, 0.05) is 32.6 Å². The Bertz CT molecular complexity index is 1090. The van der Waals surface area contributed by atoms with E-state index in [9.17, 15) is 30.7 Å². The summed E-state index contributed by atoms with van der Waals surface area (Å²) in [6.45, 7) is 4.74. The standard InChI is InChI=1S/C21H27FN4O.2C2HF3O2/c1-27-15-19-13-21(16-26(19)20-23-9-2-10-24-20)7-11-25(12-8-21)14-17-3-5-18(22)6-4-17;2*3-2(4,5)1(6)7/h2-6,9-10,19H,7-8,11-16H2,1H3;2*(H,6,7). The van der Waals surface area contributed by atoms with E-state index in [1.165, 1.54) is 5.56 Å². The average molecular weight is 599 g/mol. The summed E-state index contributed by atoms with van der Waals surface area (Å²) < 4.78 is 82.1. The fourth-order valence-electron chi connectivity index (χ4n) is 4.58. The molecule has 2 aliphatic rings. The smallest absolute Gasteiger partial charge is 0.475 e. The second kappa shape index (κ2) is 14.4. The summed E-state index contributed by atoms with van der Waals surface area (Å²) in [4.78, 5) is 31.5. The number of aromatic nitrogens is 2. The van der Waals surface area contributed by atoms with Crippen molar-refractivity contribution in [3.05, 3.63) is 54.1 Å². The molecule has 1 aromatic heterocycles. The molecule has 3 heterocycles. The predicted octanol–water partition coefficient (Wildman–Crippen LogP) is 4.39. The van der Waals surface area contributed by atoms with Crippen molar-refractivity contribution in [1.82, 2.24) is 14.9 Å². The van der Waals surface area contributed by atoms with E-state index in [4.69, 9.17) is 24.5 Å². The van der Waals surface area contributed by atoms with Gasteiger partial charge in [-0.25, -0.2) is 23.9 Å². The minimum Gasteiger partial charge on any atom is -0.475 e. The van der Waals surface area contributed by atoms with Crippen LogP contribution in [0.1, 0.15) is 24.8 Å². The number of alkyl halides is 6. The molecule has 0 saturated carbocycles. The summed E-state index contributed by atoms with van der Waals surface area (Å²) in [5.41, 5.74) is 1.48. The molecule has 0 amide bonds. The number of likely N-dealkylation sites (tertiary alicyclic amines) is 1. The maximum absolute atomic E-state index is 13.1. The van der Waals surface area contributed by atoms with Gasteiger partial charge in [0.05, 0.1) is 12.6 Å². The van der Waals surface area contributed by atoms with E-state index in [1.54, 1.807) is 19.2 Å². The van der Waals surface area contributed by atoms with Crippen molar-refractivity contribution >= 4 is 17.9 Å². The molecule has 1 aromatic carbocycles. The van der Waals surface area contributed by atoms with Crippen LogP contribution in [0.4, 0.5) is 36.7 Å². The number of anilines is 1. The number of carbonyl (C=O) groups is 2. The molecule has 2 fully saturated rings. The summed E-state index contributed by atoms with van der Waals surface area (Å²) in [6, 6.07) is 9.06. The molecule has 9 nitrogen and oxygen atoms in total. The lowest BCUT2D eigenvalue weighted by Gasteiger charge is -2.39. The van der Waals surface area contributed by atoms with Crippen LogP contribution in [0, 0.1) is 11.2 Å². The van der Waals surface area contributed by atoms with Crippen LogP contribution < -0.4 is 4.90 Å². The van der Waals surface area contributed by atoms with Crippen molar-refractivity contribution < 1.29 is 55.3 Å². The Morgan fingerprint density at radius 1 is 0.976 bits per heavy atom. The van der Waals surface area contributed by atoms with Gasteiger partial charge in [-0.05, 0) is 61.5 Å². The van der Waals surface area contributed by atoms with Crippen LogP contribution in [0.3, 0.4) is 0 Å². The number of carboxylic acid groups (broad SMARTS) is 2. The van der Waals surface area contributed by atoms with Crippen molar-refractivity contribution in [3.8, 4) is 0 Å². The lowest BCUT2D eigenvalue weighted by molar-refractivity contribution is -0.193. The normalized spacial score (nSPS) is 18.6. The van der Waals surface area contributed by atoms with E-state index in [2.05, 4.69) is 19.8 Å². The highest BCUT2D eigenvalue weighted by molar-refractivity contribution is 5.73. The van der Waals surface area contributed by atoms with E-state index in [0.717, 1.165) is 51.4 Å². The van der Waals surface area contributed by atoms with Gasteiger partial charge in [0.15, 0.2) is 0 Å². The molecule has 2 aromatic rings. The third-order valence-corrected chi connectivity index (χ3v) is 6.50. The van der Waals surface area contributed by atoms with Gasteiger partial charge >= 0.3 is 24.3 Å². The first-order valence-electron chi connectivity index (χ1n) is 12.2. The van der Waals surface area contributed by atoms with Crippen molar-refractivity contribution in [2.24, 2.45) is 5.41 Å². The number of rotatable bonds is 5. The van der Waals surface area contributed by atoms with Crippen LogP contribution in [-0.2, 0) is 20.9 Å². The number of hydrogen-bond donors (Lipinski definition) is 2. The first-order chi connectivity index (χ1) is 19.1. The molecule has 16 heteroatoms. The van der Waals surface area contributed by atoms with Crippen LogP contribution in [0.2, 0.25) is 0 Å². The van der Waals surface area contributed by atoms with E-state index in [0.29, 0.717) is 18.1 Å². The number of methoxy groups -OCH3 is 1. The molecule has 228 valence electrons. The Hall–Kier alpha value is -3.53. The predicted molar refractivity (Wildman–Crippen MR) is 130 cm³/mol. The summed E-state index contributed by atoms with van der Waals surface area (Å²) in [7, 11) is 1.76. The molecular formula is C25H29F7N4O5. The molecule has 1 atom stereocenters. The molecule has 1 unspecified atom stereocenters. The first-order valence-corrected chi connectivity index (χ1v) is 12.2. The Balaban J connectivity index is 0.000000349. The van der Waals surface area contributed by atoms with Crippen LogP contribution in [0.15, 0.2) is 42.7 Å². The summed E-state index contributed by atoms with van der Waals surface area (Å²) >= 11 is 0. The molecule has 1 spiro atoms. The van der Waals surface area contributed by atoms with Crippen LogP contribution in [0.25, 0.3) is 0 Å². The number of aliphatic carboxylic acids is 2. The monoisotopic (exact) mass is 598 g/mol. The van der Waals surface area contributed by atoms with Gasteiger partial charge in [0.25, 0.3) is 0 Å². The molecule has 0 aliphatic carbocycles. The van der Waals surface area contributed by atoms with Gasteiger partial charge in [0.2, 0.25) is 5.95 Å². The molecule has 2 N–H and O–H groups in total. The summed E-state index contributed by atoms with van der Waals surface area (Å²) in [5.74, 6) is -4.88. The van der Waals surface area contributed by atoms with Gasteiger partial charge in [-0.15, -0.1) is 0 Å². The topological polar surface area (TPSA) is 116 Å². The van der Waals surface area contributed by atoms with Gasteiger partial charge < -0.3 is 19.8 Å². The van der Waals surface area contributed by atoms with E-state index < -0.39 is 24.3 Å². The highest BCUT2D eigenvalue weighted by atomic mass is 19.4. The lowest BCUT2D eigenvalue weighted by Crippen LogP contribution is -2.41. The molecule has 0 bridgehead atoms. The summed E-state index contributed by atoms with van der Waals surface area (Å²) in [5, 5.41) is 14.2. The highest BCUT2D eigenvalue weighted by Gasteiger charge is 2.46. The maximum Gasteiger partial charge on any atom is 0.490 e. The minimum atomic E-state index is -5.08. The molecular weight excluding hydrogens is 569 g/mol. The van der Waals surface area contributed by atoms with Gasteiger partial charge in [-0.3, -0.25) is 4.90 Å². The zero-order valence-electron chi connectivity index (χ0n) is 21.8. The SMILES string of the molecule is COCC1CC2(CCN(Cc3ccc(F)cc3)CC2)CN1c1ncccn1.O=C(O)C(F)(F)F.O=C(O)C(F)(F)F. The lowest BCUT2D eigenvalue weighted by atomic mass is 9.76. The first kappa shape index (κ1) is 33.7. The van der Waals surface area contributed by atoms with E-state index in [1.807, 2.05) is 30.6 Å². The molecule has 0 radical (unpaired) electrons. The fraction of sp³-hybridized carbons (Fsp3) is 0.520. The molecule has 4 rings (SSSR count). The average Bonchev–Trinajstić information content (AvgIpc) is 3.25. The van der Waals surface area contributed by atoms with Crippen LogP contribution in [0.5, 0.6) is 0 Å². The molecule has 2 aliphatic heterocycles. The minimum absolute atomic E-state index is 0.172. The largest absolute Gasteiger partial charge is 0.490 e. The van der Waals surface area contributed by atoms with E-state index >= 15 is 0 Å². The Labute approximate surface area is 230 Å². The van der Waals surface area contributed by atoms with Gasteiger partial charge in [-0.2, -0.15) is 26.3 Å². The fourth-order valence-corrected chi connectivity index (χ4v) is 4.58.